The summed E-state index contributed by atoms with van der Waals surface area (Å²) >= 11 is -0.216. The fraction of sp³-hybridized carbons (Fsp3) is 0.176. The molecule has 0 N–H and O–H groups in total. The smallest absolute Gasteiger partial charge is 0.337 e. The lowest BCUT2D eigenvalue weighted by Gasteiger charge is -2.17. The zero-order valence-corrected chi connectivity index (χ0v) is 13.5. The second-order valence-electron chi connectivity index (χ2n) is 5.04. The maximum absolute atomic E-state index is 12.3. The summed E-state index contributed by atoms with van der Waals surface area (Å²) in [6, 6.07) is 14.2. The van der Waals surface area contributed by atoms with Gasteiger partial charge in [-0.15, -0.1) is 0 Å². The maximum atomic E-state index is 12.3. The third-order valence-electron chi connectivity index (χ3n) is 3.18. The number of rotatable bonds is 4. The Morgan fingerprint density at radius 1 is 1.12 bits per heavy atom. The molecule has 2 aromatic carbocycles. The molecule has 0 saturated heterocycles. The third kappa shape index (κ3) is 5.03. The number of alkyl halides is 3. The summed E-state index contributed by atoms with van der Waals surface area (Å²) in [5, 5.41) is 8.75. The Balaban J connectivity index is 2.03. The Morgan fingerprint density at radius 3 is 2.21 bits per heavy atom. The van der Waals surface area contributed by atoms with Gasteiger partial charge in [-0.25, -0.2) is 0 Å². The molecule has 0 spiro atoms. The van der Waals surface area contributed by atoms with Crippen molar-refractivity contribution in [3.05, 3.63) is 65.2 Å². The number of thioether (sulfide) groups is 1. The molecule has 0 aliphatic rings. The van der Waals surface area contributed by atoms with Crippen LogP contribution in [0.2, 0.25) is 0 Å². The molecule has 0 aliphatic carbocycles. The van der Waals surface area contributed by atoms with E-state index in [9.17, 15) is 18.0 Å². The molecule has 2 rings (SSSR count). The van der Waals surface area contributed by atoms with Crippen molar-refractivity contribution in [3.63, 3.8) is 0 Å². The van der Waals surface area contributed by atoms with E-state index >= 15 is 0 Å². The lowest BCUT2D eigenvalue weighted by Crippen LogP contribution is -2.26. The molecule has 0 bridgehead atoms. The van der Waals surface area contributed by atoms with Crippen molar-refractivity contribution in [2.45, 2.75) is 16.9 Å². The molecule has 7 heteroatoms. The predicted molar refractivity (Wildman–Crippen MR) is 85.3 cm³/mol. The zero-order chi connectivity index (χ0) is 17.7. The van der Waals surface area contributed by atoms with E-state index in [1.54, 1.807) is 31.3 Å². The maximum Gasteiger partial charge on any atom is 0.446 e. The van der Waals surface area contributed by atoms with Crippen LogP contribution in [-0.2, 0) is 6.54 Å². The molecule has 0 fully saturated rings. The quantitative estimate of drug-likeness (QED) is 0.766. The van der Waals surface area contributed by atoms with Gasteiger partial charge in [-0.3, -0.25) is 4.79 Å². The molecule has 0 aromatic heterocycles. The molecule has 0 aliphatic heterocycles. The van der Waals surface area contributed by atoms with E-state index in [0.29, 0.717) is 17.7 Å². The van der Waals surface area contributed by atoms with Crippen LogP contribution in [-0.4, -0.2) is 23.4 Å². The first-order valence-corrected chi connectivity index (χ1v) is 7.70. The van der Waals surface area contributed by atoms with Gasteiger partial charge in [0.05, 0.1) is 11.6 Å². The van der Waals surface area contributed by atoms with Crippen molar-refractivity contribution >= 4 is 17.7 Å². The van der Waals surface area contributed by atoms with Crippen molar-refractivity contribution in [1.82, 2.24) is 4.90 Å². The number of nitrogens with zero attached hydrogens (tertiary/aromatic N) is 2. The largest absolute Gasteiger partial charge is 0.446 e. The van der Waals surface area contributed by atoms with E-state index in [1.165, 1.54) is 29.2 Å². The van der Waals surface area contributed by atoms with Gasteiger partial charge in [0.1, 0.15) is 0 Å². The van der Waals surface area contributed by atoms with Gasteiger partial charge in [0.15, 0.2) is 0 Å². The van der Waals surface area contributed by atoms with Crippen LogP contribution >= 0.6 is 11.8 Å². The SMILES string of the molecule is CN(Cc1ccc(C#N)cc1)C(=O)c1ccc(SC(F)(F)F)cc1. The molecule has 124 valence electrons. The highest BCUT2D eigenvalue weighted by atomic mass is 32.2. The van der Waals surface area contributed by atoms with Crippen LogP contribution in [0.25, 0.3) is 0 Å². The van der Waals surface area contributed by atoms with Crippen LogP contribution in [0, 0.1) is 11.3 Å². The Labute approximate surface area is 141 Å². The van der Waals surface area contributed by atoms with Gasteiger partial charge < -0.3 is 4.90 Å². The summed E-state index contributed by atoms with van der Waals surface area (Å²) in [7, 11) is 1.61. The van der Waals surface area contributed by atoms with Crippen molar-refractivity contribution in [2.24, 2.45) is 0 Å². The first-order chi connectivity index (χ1) is 11.3. The van der Waals surface area contributed by atoms with Crippen LogP contribution in [0.1, 0.15) is 21.5 Å². The molecule has 3 nitrogen and oxygen atoms in total. The van der Waals surface area contributed by atoms with Gasteiger partial charge in [-0.05, 0) is 53.7 Å². The number of carbonyl (C=O) groups is 1. The fourth-order valence-corrected chi connectivity index (χ4v) is 2.59. The lowest BCUT2D eigenvalue weighted by molar-refractivity contribution is -0.0328. The zero-order valence-electron chi connectivity index (χ0n) is 12.7. The summed E-state index contributed by atoms with van der Waals surface area (Å²) in [5.74, 6) is -0.289. The molecule has 2 aromatic rings. The normalized spacial score (nSPS) is 11.0. The van der Waals surface area contributed by atoms with E-state index < -0.39 is 5.51 Å². The van der Waals surface area contributed by atoms with Crippen LogP contribution in [0.3, 0.4) is 0 Å². The minimum absolute atomic E-state index is 0.0359. The number of benzene rings is 2. The highest BCUT2D eigenvalue weighted by Crippen LogP contribution is 2.36. The van der Waals surface area contributed by atoms with Crippen molar-refractivity contribution < 1.29 is 18.0 Å². The van der Waals surface area contributed by atoms with Crippen molar-refractivity contribution in [1.29, 1.82) is 5.26 Å². The standard InChI is InChI=1S/C17H13F3N2OS/c1-22(11-13-4-2-12(10-21)3-5-13)16(23)14-6-8-15(9-7-14)24-17(18,19)20/h2-9H,11H2,1H3. The van der Waals surface area contributed by atoms with Gasteiger partial charge in [-0.1, -0.05) is 12.1 Å². The predicted octanol–water partition coefficient (Wildman–Crippen LogP) is 4.44. The third-order valence-corrected chi connectivity index (χ3v) is 3.92. The van der Waals surface area contributed by atoms with Crippen LogP contribution in [0.15, 0.2) is 53.4 Å². The fourth-order valence-electron chi connectivity index (χ4n) is 2.05. The minimum atomic E-state index is -4.35. The molecule has 0 heterocycles. The number of carbonyl (C=O) groups excluding carboxylic acids is 1. The summed E-state index contributed by atoms with van der Waals surface area (Å²) in [6.07, 6.45) is 0. The summed E-state index contributed by atoms with van der Waals surface area (Å²) in [4.78, 5) is 13.8. The number of hydrogen-bond donors (Lipinski definition) is 0. The molecular formula is C17H13F3N2OS. The van der Waals surface area contributed by atoms with Gasteiger partial charge in [0.2, 0.25) is 0 Å². The lowest BCUT2D eigenvalue weighted by atomic mass is 10.1. The Bertz CT molecular complexity index is 749. The number of halogens is 3. The van der Waals surface area contributed by atoms with Crippen molar-refractivity contribution in [2.75, 3.05) is 7.05 Å². The Kier molecular flexibility index (Phi) is 5.52. The number of hydrogen-bond acceptors (Lipinski definition) is 3. The summed E-state index contributed by atoms with van der Waals surface area (Å²) < 4.78 is 36.9. The van der Waals surface area contributed by atoms with Crippen LogP contribution in [0.4, 0.5) is 13.2 Å². The Hall–Kier alpha value is -2.46. The van der Waals surface area contributed by atoms with E-state index in [4.69, 9.17) is 5.26 Å². The molecule has 24 heavy (non-hydrogen) atoms. The van der Waals surface area contributed by atoms with Gasteiger partial charge in [0, 0.05) is 24.1 Å². The van der Waals surface area contributed by atoms with E-state index in [-0.39, 0.29) is 22.6 Å². The van der Waals surface area contributed by atoms with E-state index in [1.807, 2.05) is 6.07 Å². The molecule has 1 amide bonds. The topological polar surface area (TPSA) is 44.1 Å². The van der Waals surface area contributed by atoms with Gasteiger partial charge >= 0.3 is 5.51 Å². The first kappa shape index (κ1) is 17.9. The van der Waals surface area contributed by atoms with Crippen LogP contribution in [0.5, 0.6) is 0 Å². The average Bonchev–Trinajstić information content (AvgIpc) is 2.54. The highest BCUT2D eigenvalue weighted by molar-refractivity contribution is 8.00. The second kappa shape index (κ2) is 7.41. The van der Waals surface area contributed by atoms with Gasteiger partial charge in [0.25, 0.3) is 5.91 Å². The molecule has 0 radical (unpaired) electrons. The van der Waals surface area contributed by atoms with Crippen molar-refractivity contribution in [3.8, 4) is 6.07 Å². The number of amides is 1. The summed E-state index contributed by atoms with van der Waals surface area (Å²) in [6.45, 7) is 0.337. The first-order valence-electron chi connectivity index (χ1n) is 6.89. The van der Waals surface area contributed by atoms with E-state index in [2.05, 4.69) is 0 Å². The average molecular weight is 350 g/mol. The molecule has 0 unspecified atom stereocenters. The summed E-state index contributed by atoms with van der Waals surface area (Å²) in [5.41, 5.74) is -2.64. The van der Waals surface area contributed by atoms with Crippen LogP contribution < -0.4 is 0 Å². The molecular weight excluding hydrogens is 337 g/mol. The Morgan fingerprint density at radius 2 is 1.71 bits per heavy atom. The van der Waals surface area contributed by atoms with Gasteiger partial charge in [-0.2, -0.15) is 18.4 Å². The highest BCUT2D eigenvalue weighted by Gasteiger charge is 2.29. The molecule has 0 atom stereocenters. The monoisotopic (exact) mass is 350 g/mol. The van der Waals surface area contributed by atoms with E-state index in [0.717, 1.165) is 5.56 Å². The minimum Gasteiger partial charge on any atom is -0.337 e. The second-order valence-corrected chi connectivity index (χ2v) is 6.18. The molecule has 0 saturated carbocycles. The number of nitriles is 1.